The highest BCUT2D eigenvalue weighted by molar-refractivity contribution is 6.13. The molecule has 1 unspecified atom stereocenters. The number of imide groups is 1. The second-order valence-electron chi connectivity index (χ2n) is 4.53. The average Bonchev–Trinajstić information content (AvgIpc) is 2.45. The molecule has 0 radical (unpaired) electrons. The molecule has 1 saturated heterocycles. The quantitative estimate of drug-likeness (QED) is 0.813. The Kier molecular flexibility index (Phi) is 4.14. The van der Waals surface area contributed by atoms with Crippen molar-refractivity contribution in [3.8, 4) is 6.07 Å². The molecule has 2 rings (SSSR count). The summed E-state index contributed by atoms with van der Waals surface area (Å²) in [5, 5.41) is 11.2. The number of rotatable bonds is 2. The number of benzene rings is 1. The number of carbonyl (C=O) groups is 3. The number of hydrogen-bond acceptors (Lipinski definition) is 4. The summed E-state index contributed by atoms with van der Waals surface area (Å²) in [7, 11) is 0. The third kappa shape index (κ3) is 2.98. The summed E-state index contributed by atoms with van der Waals surface area (Å²) in [6.45, 7) is 1.20. The van der Waals surface area contributed by atoms with Gasteiger partial charge in [0.25, 0.3) is 5.91 Å². The van der Waals surface area contributed by atoms with E-state index in [9.17, 15) is 14.4 Å². The van der Waals surface area contributed by atoms with Crippen molar-refractivity contribution in [2.24, 2.45) is 0 Å². The van der Waals surface area contributed by atoms with E-state index in [1.807, 2.05) is 12.1 Å². The predicted molar refractivity (Wildman–Crippen MR) is 74.1 cm³/mol. The molecule has 3 amide bonds. The zero-order chi connectivity index (χ0) is 15.4. The summed E-state index contributed by atoms with van der Waals surface area (Å²) in [6, 6.07) is 9.69. The van der Waals surface area contributed by atoms with Crippen LogP contribution in [0.4, 0.5) is 0 Å². The van der Waals surface area contributed by atoms with Crippen molar-refractivity contribution in [2.45, 2.75) is 19.4 Å². The fraction of sp³-hybridized carbons (Fsp3) is 0.200. The lowest BCUT2D eigenvalue weighted by atomic mass is 10.1. The minimum atomic E-state index is -1.08. The predicted octanol–water partition coefficient (Wildman–Crippen LogP) is 0.815. The maximum absolute atomic E-state index is 12.3. The number of hydrogen-bond donors (Lipinski definition) is 1. The number of amides is 3. The van der Waals surface area contributed by atoms with Gasteiger partial charge >= 0.3 is 0 Å². The molecule has 106 valence electrons. The van der Waals surface area contributed by atoms with Gasteiger partial charge in [-0.15, -0.1) is 0 Å². The van der Waals surface area contributed by atoms with Gasteiger partial charge in [0.2, 0.25) is 11.8 Å². The molecule has 0 aromatic heterocycles. The van der Waals surface area contributed by atoms with Crippen LogP contribution in [0, 0.1) is 11.3 Å². The van der Waals surface area contributed by atoms with Gasteiger partial charge in [-0.1, -0.05) is 30.3 Å². The molecule has 1 atom stereocenters. The first kappa shape index (κ1) is 14.5. The van der Waals surface area contributed by atoms with Crippen molar-refractivity contribution < 1.29 is 14.4 Å². The van der Waals surface area contributed by atoms with Gasteiger partial charge < -0.3 is 5.32 Å². The maximum Gasteiger partial charge on any atom is 0.277 e. The van der Waals surface area contributed by atoms with E-state index in [-0.39, 0.29) is 12.1 Å². The van der Waals surface area contributed by atoms with Gasteiger partial charge in [0.1, 0.15) is 11.7 Å². The Bertz CT molecular complexity index is 658. The van der Waals surface area contributed by atoms with Crippen molar-refractivity contribution >= 4 is 23.8 Å². The third-order valence-corrected chi connectivity index (χ3v) is 3.06. The van der Waals surface area contributed by atoms with E-state index < -0.39 is 23.8 Å². The van der Waals surface area contributed by atoms with Gasteiger partial charge in [0.15, 0.2) is 0 Å². The Hall–Kier alpha value is -2.94. The Morgan fingerprint density at radius 3 is 2.62 bits per heavy atom. The molecule has 1 aromatic rings. The number of nitrogens with one attached hydrogen (secondary N) is 1. The summed E-state index contributed by atoms with van der Waals surface area (Å²) < 4.78 is 0. The molecule has 1 fully saturated rings. The van der Waals surface area contributed by atoms with Crippen LogP contribution in [-0.2, 0) is 14.4 Å². The van der Waals surface area contributed by atoms with Crippen molar-refractivity contribution in [2.75, 3.05) is 0 Å². The average molecular weight is 283 g/mol. The van der Waals surface area contributed by atoms with E-state index in [2.05, 4.69) is 5.32 Å². The number of carbonyl (C=O) groups excluding carboxylic acids is 3. The van der Waals surface area contributed by atoms with Gasteiger partial charge in [-0.3, -0.25) is 19.3 Å². The molecular weight excluding hydrogens is 270 g/mol. The van der Waals surface area contributed by atoms with Crippen LogP contribution in [-0.4, -0.2) is 28.7 Å². The van der Waals surface area contributed by atoms with E-state index in [4.69, 9.17) is 5.26 Å². The molecule has 1 N–H and O–H groups in total. The number of nitrogens with zero attached hydrogens (tertiary/aromatic N) is 2. The summed E-state index contributed by atoms with van der Waals surface area (Å²) in [4.78, 5) is 36.8. The highest BCUT2D eigenvalue weighted by Gasteiger charge is 2.39. The molecule has 0 spiro atoms. The second kappa shape index (κ2) is 6.01. The second-order valence-corrected chi connectivity index (χ2v) is 4.53. The van der Waals surface area contributed by atoms with Crippen LogP contribution >= 0.6 is 0 Å². The highest BCUT2D eigenvalue weighted by Crippen LogP contribution is 2.17. The molecule has 0 aliphatic carbocycles. The van der Waals surface area contributed by atoms with Crippen molar-refractivity contribution in [1.82, 2.24) is 10.2 Å². The molecule has 0 bridgehead atoms. The molecule has 1 aromatic carbocycles. The molecule has 6 nitrogen and oxygen atoms in total. The van der Waals surface area contributed by atoms with Gasteiger partial charge in [-0.05, 0) is 11.6 Å². The minimum Gasteiger partial charge on any atom is -0.320 e. The monoisotopic (exact) mass is 283 g/mol. The fourth-order valence-electron chi connectivity index (χ4n) is 2.10. The first-order valence-corrected chi connectivity index (χ1v) is 6.33. The normalized spacial score (nSPS) is 20.1. The zero-order valence-electron chi connectivity index (χ0n) is 11.4. The molecule has 21 heavy (non-hydrogen) atoms. The van der Waals surface area contributed by atoms with Crippen LogP contribution in [0.1, 0.15) is 18.9 Å². The number of piperazine rings is 1. The van der Waals surface area contributed by atoms with Crippen LogP contribution in [0.15, 0.2) is 36.0 Å². The van der Waals surface area contributed by atoms with Crippen LogP contribution in [0.2, 0.25) is 0 Å². The standard InChI is InChI=1S/C15H13N3O3/c1-10(19)18-13(7-8-16)14(20)17-12(15(18)21)9-11-5-3-2-4-6-11/h2-6,9,13H,7H2,1H3,(H,17,20)/b12-9+. The van der Waals surface area contributed by atoms with Gasteiger partial charge in [0.05, 0.1) is 12.5 Å². The number of nitriles is 1. The van der Waals surface area contributed by atoms with Crippen LogP contribution in [0.25, 0.3) is 6.08 Å². The summed E-state index contributed by atoms with van der Waals surface area (Å²) in [6.07, 6.45) is 1.27. The molecular formula is C15H13N3O3. The largest absolute Gasteiger partial charge is 0.320 e. The van der Waals surface area contributed by atoms with Crippen LogP contribution < -0.4 is 5.32 Å². The van der Waals surface area contributed by atoms with Gasteiger partial charge in [0, 0.05) is 6.92 Å². The smallest absolute Gasteiger partial charge is 0.277 e. The summed E-state index contributed by atoms with van der Waals surface area (Å²) in [5.41, 5.74) is 0.749. The Balaban J connectivity index is 2.38. The van der Waals surface area contributed by atoms with Crippen molar-refractivity contribution in [3.05, 3.63) is 41.6 Å². The van der Waals surface area contributed by atoms with Crippen molar-refractivity contribution in [3.63, 3.8) is 0 Å². The lowest BCUT2D eigenvalue weighted by molar-refractivity contribution is -0.151. The Morgan fingerprint density at radius 2 is 2.05 bits per heavy atom. The molecule has 1 aliphatic heterocycles. The molecule has 6 heteroatoms. The van der Waals surface area contributed by atoms with Crippen molar-refractivity contribution in [1.29, 1.82) is 5.26 Å². The van der Waals surface area contributed by atoms with Crippen LogP contribution in [0.5, 0.6) is 0 Å². The SMILES string of the molecule is CC(=O)N1C(=O)/C(=C\c2ccccc2)NC(=O)C1CC#N. The van der Waals surface area contributed by atoms with Gasteiger partial charge in [-0.2, -0.15) is 5.26 Å². The van der Waals surface area contributed by atoms with Gasteiger partial charge in [-0.25, -0.2) is 0 Å². The van der Waals surface area contributed by atoms with E-state index in [0.29, 0.717) is 0 Å². The fourth-order valence-corrected chi connectivity index (χ4v) is 2.10. The van der Waals surface area contributed by atoms with E-state index in [1.165, 1.54) is 13.0 Å². The zero-order valence-corrected chi connectivity index (χ0v) is 11.4. The molecule has 1 heterocycles. The van der Waals surface area contributed by atoms with E-state index in [0.717, 1.165) is 10.5 Å². The van der Waals surface area contributed by atoms with E-state index >= 15 is 0 Å². The summed E-state index contributed by atoms with van der Waals surface area (Å²) in [5.74, 6) is -1.70. The Morgan fingerprint density at radius 1 is 1.38 bits per heavy atom. The van der Waals surface area contributed by atoms with Crippen LogP contribution in [0.3, 0.4) is 0 Å². The molecule has 1 aliphatic rings. The minimum absolute atomic E-state index is 0.0237. The van der Waals surface area contributed by atoms with E-state index in [1.54, 1.807) is 24.3 Å². The molecule has 0 saturated carbocycles. The maximum atomic E-state index is 12.3. The lowest BCUT2D eigenvalue weighted by Gasteiger charge is -2.32. The highest BCUT2D eigenvalue weighted by atomic mass is 16.2. The lowest BCUT2D eigenvalue weighted by Crippen LogP contribution is -2.58. The Labute approximate surface area is 121 Å². The summed E-state index contributed by atoms with van der Waals surface area (Å²) >= 11 is 0. The first-order chi connectivity index (χ1) is 10.0. The third-order valence-electron chi connectivity index (χ3n) is 3.06. The topological polar surface area (TPSA) is 90.3 Å². The first-order valence-electron chi connectivity index (χ1n) is 6.33.